The van der Waals surface area contributed by atoms with Crippen LogP contribution in [0.25, 0.3) is 0 Å². The highest BCUT2D eigenvalue weighted by Crippen LogP contribution is 2.24. The maximum absolute atomic E-state index is 10.8. The lowest BCUT2D eigenvalue weighted by Crippen LogP contribution is -2.07. The van der Waals surface area contributed by atoms with Crippen molar-refractivity contribution in [2.24, 2.45) is 0 Å². The minimum absolute atomic E-state index is 0.0604. The topological polar surface area (TPSA) is 35.5 Å². The molecule has 0 bridgehead atoms. The molecule has 0 spiro atoms. The van der Waals surface area contributed by atoms with Gasteiger partial charge in [0.25, 0.3) is 0 Å². The molecule has 0 aliphatic rings. The Morgan fingerprint density at radius 1 is 1.31 bits per heavy atom. The van der Waals surface area contributed by atoms with Gasteiger partial charge in [-0.3, -0.25) is 4.79 Å². The summed E-state index contributed by atoms with van der Waals surface area (Å²) < 4.78 is 10.5. The highest BCUT2D eigenvalue weighted by atomic mass is 16.5. The molecule has 3 heteroatoms. The number of ether oxygens (including phenoxy) is 2. The van der Waals surface area contributed by atoms with Gasteiger partial charge in [-0.2, -0.15) is 0 Å². The fraction of sp³-hybridized carbons (Fsp3) is 0.308. The Hall–Kier alpha value is -1.77. The van der Waals surface area contributed by atoms with Gasteiger partial charge in [0, 0.05) is 13.0 Å². The molecule has 0 aromatic heterocycles. The minimum atomic E-state index is -0.364. The first kappa shape index (κ1) is 12.3. The minimum Gasteiger partial charge on any atom is -0.491 e. The molecule has 1 radical (unpaired) electrons. The van der Waals surface area contributed by atoms with Gasteiger partial charge in [0.1, 0.15) is 11.5 Å². The third-order valence-corrected chi connectivity index (χ3v) is 1.72. The summed E-state index contributed by atoms with van der Waals surface area (Å²) in [5.74, 6) is 0.716. The first-order valence-corrected chi connectivity index (χ1v) is 5.04. The van der Waals surface area contributed by atoms with E-state index in [1.807, 2.05) is 13.8 Å². The van der Waals surface area contributed by atoms with Gasteiger partial charge in [-0.05, 0) is 37.6 Å². The van der Waals surface area contributed by atoms with Gasteiger partial charge < -0.3 is 9.47 Å². The predicted molar refractivity (Wildman–Crippen MR) is 61.5 cm³/mol. The Labute approximate surface area is 95.7 Å². The zero-order valence-corrected chi connectivity index (χ0v) is 9.74. The molecule has 0 N–H and O–H groups in total. The number of benzene rings is 1. The summed E-state index contributed by atoms with van der Waals surface area (Å²) in [4.78, 5) is 10.8. The highest BCUT2D eigenvalue weighted by Gasteiger charge is 2.05. The second-order valence-electron chi connectivity index (χ2n) is 3.63. The molecule has 1 rings (SSSR count). The van der Waals surface area contributed by atoms with Crippen molar-refractivity contribution in [1.82, 2.24) is 0 Å². The first-order valence-electron chi connectivity index (χ1n) is 5.04. The molecule has 0 amide bonds. The average molecular weight is 219 g/mol. The van der Waals surface area contributed by atoms with Crippen LogP contribution in [-0.4, -0.2) is 12.1 Å². The van der Waals surface area contributed by atoms with Gasteiger partial charge in [-0.15, -0.1) is 0 Å². The summed E-state index contributed by atoms with van der Waals surface area (Å²) in [7, 11) is 0. The van der Waals surface area contributed by atoms with Crippen LogP contribution >= 0.6 is 0 Å². The monoisotopic (exact) mass is 219 g/mol. The van der Waals surface area contributed by atoms with Gasteiger partial charge in [0.15, 0.2) is 0 Å². The second kappa shape index (κ2) is 5.35. The molecule has 0 atom stereocenters. The van der Waals surface area contributed by atoms with Crippen LogP contribution < -0.4 is 9.47 Å². The number of carbonyl (C=O) groups excluding carboxylic acids is 1. The van der Waals surface area contributed by atoms with Gasteiger partial charge in [-0.25, -0.2) is 0 Å². The predicted octanol–water partition coefficient (Wildman–Crippen LogP) is 2.74. The quantitative estimate of drug-likeness (QED) is 0.577. The van der Waals surface area contributed by atoms with Gasteiger partial charge in [0.2, 0.25) is 0 Å². The lowest BCUT2D eigenvalue weighted by molar-refractivity contribution is -0.131. The molecule has 85 valence electrons. The number of carbonyl (C=O) groups is 1. The normalized spacial score (nSPS) is 10.0. The zero-order valence-electron chi connectivity index (χ0n) is 9.74. The molecular formula is C13H15O3. The lowest BCUT2D eigenvalue weighted by atomic mass is 10.2. The van der Waals surface area contributed by atoms with Crippen molar-refractivity contribution in [3.63, 3.8) is 0 Å². The SMILES string of the molecule is C=[C]c1cc(OC(C)=O)cc(OC(C)C)c1. The Balaban J connectivity index is 3.00. The molecule has 0 saturated carbocycles. The maximum atomic E-state index is 10.8. The van der Waals surface area contributed by atoms with Crippen LogP contribution in [0.4, 0.5) is 0 Å². The van der Waals surface area contributed by atoms with Gasteiger partial charge in [-0.1, -0.05) is 6.58 Å². The second-order valence-corrected chi connectivity index (χ2v) is 3.63. The van der Waals surface area contributed by atoms with Crippen LogP contribution in [-0.2, 0) is 4.79 Å². The van der Waals surface area contributed by atoms with Crippen molar-refractivity contribution in [2.45, 2.75) is 26.9 Å². The van der Waals surface area contributed by atoms with Crippen LogP contribution in [0.1, 0.15) is 26.3 Å². The van der Waals surface area contributed by atoms with E-state index in [9.17, 15) is 4.79 Å². The molecule has 1 aromatic rings. The van der Waals surface area contributed by atoms with Crippen LogP contribution in [0.15, 0.2) is 24.8 Å². The largest absolute Gasteiger partial charge is 0.491 e. The van der Waals surface area contributed by atoms with E-state index in [1.54, 1.807) is 18.2 Å². The number of rotatable bonds is 4. The van der Waals surface area contributed by atoms with E-state index in [0.29, 0.717) is 11.5 Å². The lowest BCUT2D eigenvalue weighted by Gasteiger charge is -2.11. The molecule has 0 fully saturated rings. The Morgan fingerprint density at radius 2 is 1.94 bits per heavy atom. The molecule has 0 aliphatic heterocycles. The average Bonchev–Trinajstić information content (AvgIpc) is 2.14. The van der Waals surface area contributed by atoms with Crippen molar-refractivity contribution in [2.75, 3.05) is 0 Å². The Kier molecular flexibility index (Phi) is 4.11. The van der Waals surface area contributed by atoms with Gasteiger partial charge >= 0.3 is 5.97 Å². The van der Waals surface area contributed by atoms with Crippen molar-refractivity contribution in [3.8, 4) is 11.5 Å². The van der Waals surface area contributed by atoms with Crippen molar-refractivity contribution in [3.05, 3.63) is 36.4 Å². The van der Waals surface area contributed by atoms with E-state index in [4.69, 9.17) is 9.47 Å². The van der Waals surface area contributed by atoms with Gasteiger partial charge in [0.05, 0.1) is 6.10 Å². The molecular weight excluding hydrogens is 204 g/mol. The van der Waals surface area contributed by atoms with E-state index in [-0.39, 0.29) is 12.1 Å². The van der Waals surface area contributed by atoms with Crippen molar-refractivity contribution >= 4 is 5.97 Å². The summed E-state index contributed by atoms with van der Waals surface area (Å²) in [6, 6.07) is 5.14. The van der Waals surface area contributed by atoms with Crippen LogP contribution in [0.3, 0.4) is 0 Å². The molecule has 3 nitrogen and oxygen atoms in total. The molecule has 0 aliphatic carbocycles. The molecule has 0 saturated heterocycles. The van der Waals surface area contributed by atoms with E-state index in [2.05, 4.69) is 12.7 Å². The summed E-state index contributed by atoms with van der Waals surface area (Å²) in [5.41, 5.74) is 0.731. The Bertz CT molecular complexity index is 394. The van der Waals surface area contributed by atoms with Crippen LogP contribution in [0, 0.1) is 6.08 Å². The summed E-state index contributed by atoms with van der Waals surface area (Å²) in [6.45, 7) is 8.76. The summed E-state index contributed by atoms with van der Waals surface area (Å²) in [5, 5.41) is 0. The van der Waals surface area contributed by atoms with E-state index in [0.717, 1.165) is 5.56 Å². The standard InChI is InChI=1S/C13H15O3/c1-5-11-6-12(15-9(2)3)8-13(7-11)16-10(4)14/h6-9H,1H2,2-4H3. The number of hydrogen-bond acceptors (Lipinski definition) is 3. The number of hydrogen-bond donors (Lipinski definition) is 0. The highest BCUT2D eigenvalue weighted by molar-refractivity contribution is 5.69. The van der Waals surface area contributed by atoms with Crippen molar-refractivity contribution < 1.29 is 14.3 Å². The third-order valence-electron chi connectivity index (χ3n) is 1.72. The summed E-state index contributed by atoms with van der Waals surface area (Å²) >= 11 is 0. The van der Waals surface area contributed by atoms with E-state index in [1.165, 1.54) is 6.92 Å². The number of esters is 1. The maximum Gasteiger partial charge on any atom is 0.308 e. The van der Waals surface area contributed by atoms with E-state index >= 15 is 0 Å². The molecule has 1 aromatic carbocycles. The molecule has 0 heterocycles. The molecule has 16 heavy (non-hydrogen) atoms. The fourth-order valence-electron chi connectivity index (χ4n) is 1.24. The van der Waals surface area contributed by atoms with Crippen molar-refractivity contribution in [1.29, 1.82) is 0 Å². The first-order chi connectivity index (χ1) is 7.51. The van der Waals surface area contributed by atoms with Crippen LogP contribution in [0.2, 0.25) is 0 Å². The smallest absolute Gasteiger partial charge is 0.308 e. The summed E-state index contributed by atoms with van der Waals surface area (Å²) in [6.07, 6.45) is 2.79. The fourth-order valence-corrected chi connectivity index (χ4v) is 1.24. The van der Waals surface area contributed by atoms with Crippen LogP contribution in [0.5, 0.6) is 11.5 Å². The Morgan fingerprint density at radius 3 is 2.44 bits per heavy atom. The third kappa shape index (κ3) is 3.77. The molecule has 0 unspecified atom stereocenters. The zero-order chi connectivity index (χ0) is 12.1. The van der Waals surface area contributed by atoms with E-state index < -0.39 is 0 Å².